The molecule has 0 saturated heterocycles. The molecule has 2 amide bonds. The van der Waals surface area contributed by atoms with Crippen molar-refractivity contribution in [3.63, 3.8) is 0 Å². The van der Waals surface area contributed by atoms with Gasteiger partial charge in [0.1, 0.15) is 24.1 Å². The van der Waals surface area contributed by atoms with Crippen LogP contribution in [0.1, 0.15) is 51.3 Å². The minimum Gasteiger partial charge on any atom is -0.489 e. The van der Waals surface area contributed by atoms with E-state index in [0.29, 0.717) is 17.9 Å². The standard InChI is InChI=1S/C35H44F2N2O6/c1-24(2)30(23-43-21-26-12-8-6-9-13-26)38-32(41)35(36,37)31(40)29(39-33(42)45-34(3,4)5)20-25-16-18-28(19-17-25)44-22-27-14-10-7-11-15-27/h6-19,24,29-31,40H,20-23H2,1-5H3,(H,38,41)(H,39,42)/t29?,30-,31?/m0/s1. The molecule has 0 fully saturated rings. The zero-order chi connectivity index (χ0) is 33.0. The Kier molecular flexibility index (Phi) is 12.9. The number of carbonyl (C=O) groups excluding carboxylic acids is 2. The van der Waals surface area contributed by atoms with Crippen molar-refractivity contribution in [2.45, 2.75) is 84.0 Å². The number of benzene rings is 3. The predicted molar refractivity (Wildman–Crippen MR) is 168 cm³/mol. The lowest BCUT2D eigenvalue weighted by molar-refractivity contribution is -0.168. The molecule has 3 rings (SSSR count). The van der Waals surface area contributed by atoms with Gasteiger partial charge in [-0.1, -0.05) is 86.6 Å². The Labute approximate surface area is 264 Å². The lowest BCUT2D eigenvalue weighted by Crippen LogP contribution is -2.60. The Morgan fingerprint density at radius 3 is 1.87 bits per heavy atom. The molecular formula is C35H44F2N2O6. The molecule has 45 heavy (non-hydrogen) atoms. The van der Waals surface area contributed by atoms with Crippen LogP contribution in [0.5, 0.6) is 5.75 Å². The molecule has 0 heterocycles. The van der Waals surface area contributed by atoms with Gasteiger partial charge in [0.2, 0.25) is 0 Å². The van der Waals surface area contributed by atoms with Crippen molar-refractivity contribution in [1.29, 1.82) is 0 Å². The highest BCUT2D eigenvalue weighted by Crippen LogP contribution is 2.26. The van der Waals surface area contributed by atoms with Gasteiger partial charge < -0.3 is 30.0 Å². The van der Waals surface area contributed by atoms with Crippen LogP contribution in [-0.4, -0.2) is 53.4 Å². The van der Waals surface area contributed by atoms with Gasteiger partial charge in [-0.15, -0.1) is 0 Å². The lowest BCUT2D eigenvalue weighted by Gasteiger charge is -2.32. The van der Waals surface area contributed by atoms with Gasteiger partial charge >= 0.3 is 12.0 Å². The van der Waals surface area contributed by atoms with Crippen LogP contribution in [0.15, 0.2) is 84.9 Å². The number of aliphatic hydroxyl groups is 1. The van der Waals surface area contributed by atoms with Crippen LogP contribution in [0.3, 0.4) is 0 Å². The number of nitrogens with one attached hydrogen (secondary N) is 2. The Bertz CT molecular complexity index is 1330. The van der Waals surface area contributed by atoms with Crippen molar-refractivity contribution in [3.8, 4) is 5.75 Å². The Hall–Kier alpha value is -4.02. The van der Waals surface area contributed by atoms with E-state index in [1.54, 1.807) is 58.9 Å². The smallest absolute Gasteiger partial charge is 0.407 e. The number of halogens is 2. The molecule has 0 aliphatic heterocycles. The Morgan fingerprint density at radius 2 is 1.33 bits per heavy atom. The summed E-state index contributed by atoms with van der Waals surface area (Å²) in [5.74, 6) is -5.61. The number of alkyl halides is 2. The molecule has 0 radical (unpaired) electrons. The molecule has 0 spiro atoms. The largest absolute Gasteiger partial charge is 0.489 e. The summed E-state index contributed by atoms with van der Waals surface area (Å²) in [5.41, 5.74) is 1.49. The molecule has 3 aromatic rings. The fourth-order valence-corrected chi connectivity index (χ4v) is 4.35. The van der Waals surface area contributed by atoms with Crippen molar-refractivity contribution in [3.05, 3.63) is 102 Å². The van der Waals surface area contributed by atoms with E-state index >= 15 is 8.78 Å². The normalized spacial score (nSPS) is 13.9. The molecule has 3 N–H and O–H groups in total. The molecule has 3 aromatic carbocycles. The SMILES string of the molecule is CC(C)[C@H](COCc1ccccc1)NC(=O)C(F)(F)C(O)C(Cc1ccc(OCc2ccccc2)cc1)NC(=O)OC(C)(C)C. The average molecular weight is 627 g/mol. The van der Waals surface area contributed by atoms with E-state index in [9.17, 15) is 14.7 Å². The van der Waals surface area contributed by atoms with Gasteiger partial charge in [0.15, 0.2) is 0 Å². The topological polar surface area (TPSA) is 106 Å². The van der Waals surface area contributed by atoms with Crippen molar-refractivity contribution < 1.29 is 37.7 Å². The number of hydrogen-bond acceptors (Lipinski definition) is 6. The summed E-state index contributed by atoms with van der Waals surface area (Å²) < 4.78 is 47.9. The minimum absolute atomic E-state index is 0.0112. The second kappa shape index (κ2) is 16.3. The van der Waals surface area contributed by atoms with Crippen LogP contribution in [0.2, 0.25) is 0 Å². The van der Waals surface area contributed by atoms with Crippen molar-refractivity contribution in [2.24, 2.45) is 5.92 Å². The van der Waals surface area contributed by atoms with E-state index in [1.165, 1.54) is 0 Å². The zero-order valence-electron chi connectivity index (χ0n) is 26.5. The number of rotatable bonds is 15. The van der Waals surface area contributed by atoms with Crippen LogP contribution in [-0.2, 0) is 33.9 Å². The summed E-state index contributed by atoms with van der Waals surface area (Å²) in [4.78, 5) is 25.5. The maximum absolute atomic E-state index is 15.6. The molecule has 0 bridgehead atoms. The summed E-state index contributed by atoms with van der Waals surface area (Å²) in [6, 6.07) is 23.2. The quantitative estimate of drug-likeness (QED) is 0.190. The van der Waals surface area contributed by atoms with E-state index in [4.69, 9.17) is 14.2 Å². The molecule has 0 aromatic heterocycles. The van der Waals surface area contributed by atoms with Gasteiger partial charge in [0, 0.05) is 0 Å². The third-order valence-electron chi connectivity index (χ3n) is 6.91. The number of ether oxygens (including phenoxy) is 3. The van der Waals surface area contributed by atoms with Crippen LogP contribution in [0.4, 0.5) is 13.6 Å². The predicted octanol–water partition coefficient (Wildman–Crippen LogP) is 6.06. The highest BCUT2D eigenvalue weighted by molar-refractivity contribution is 5.84. The molecule has 8 nitrogen and oxygen atoms in total. The van der Waals surface area contributed by atoms with Crippen LogP contribution in [0.25, 0.3) is 0 Å². The van der Waals surface area contributed by atoms with Crippen LogP contribution >= 0.6 is 0 Å². The number of alkyl carbamates (subject to hydrolysis) is 1. The molecule has 244 valence electrons. The maximum atomic E-state index is 15.6. The zero-order valence-corrected chi connectivity index (χ0v) is 26.5. The minimum atomic E-state index is -4.26. The summed E-state index contributed by atoms with van der Waals surface area (Å²) >= 11 is 0. The number of amides is 2. The molecule has 0 saturated carbocycles. The molecule has 2 unspecified atom stereocenters. The van der Waals surface area contributed by atoms with E-state index in [0.717, 1.165) is 11.1 Å². The van der Waals surface area contributed by atoms with Crippen molar-refractivity contribution >= 4 is 12.0 Å². The van der Waals surface area contributed by atoms with E-state index < -0.39 is 41.7 Å². The van der Waals surface area contributed by atoms with Crippen molar-refractivity contribution in [2.75, 3.05) is 6.61 Å². The molecule has 3 atom stereocenters. The second-order valence-electron chi connectivity index (χ2n) is 12.3. The first-order valence-electron chi connectivity index (χ1n) is 15.0. The summed E-state index contributed by atoms with van der Waals surface area (Å²) in [7, 11) is 0. The first-order chi connectivity index (χ1) is 21.2. The number of carbonyl (C=O) groups is 2. The van der Waals surface area contributed by atoms with E-state index in [2.05, 4.69) is 10.6 Å². The molecular weight excluding hydrogens is 582 g/mol. The highest BCUT2D eigenvalue weighted by atomic mass is 19.3. The van der Waals surface area contributed by atoms with Gasteiger partial charge in [-0.2, -0.15) is 8.78 Å². The average Bonchev–Trinajstić information content (AvgIpc) is 2.99. The molecule has 0 aliphatic rings. The fourth-order valence-electron chi connectivity index (χ4n) is 4.35. The first kappa shape index (κ1) is 35.5. The van der Waals surface area contributed by atoms with E-state index in [1.807, 2.05) is 60.7 Å². The summed E-state index contributed by atoms with van der Waals surface area (Å²) in [5, 5.41) is 15.6. The van der Waals surface area contributed by atoms with Gasteiger partial charge in [-0.3, -0.25) is 4.79 Å². The third kappa shape index (κ3) is 11.8. The maximum Gasteiger partial charge on any atom is 0.407 e. The summed E-state index contributed by atoms with van der Waals surface area (Å²) in [6.45, 7) is 8.99. The lowest BCUT2D eigenvalue weighted by atomic mass is 9.96. The summed E-state index contributed by atoms with van der Waals surface area (Å²) in [6.07, 6.45) is -3.78. The Morgan fingerprint density at radius 1 is 0.778 bits per heavy atom. The monoisotopic (exact) mass is 626 g/mol. The second-order valence-corrected chi connectivity index (χ2v) is 12.3. The molecule has 0 aliphatic carbocycles. The van der Waals surface area contributed by atoms with Gasteiger partial charge in [0.05, 0.1) is 25.3 Å². The van der Waals surface area contributed by atoms with Crippen LogP contribution in [0, 0.1) is 5.92 Å². The number of aliphatic hydroxyl groups excluding tert-OH is 1. The third-order valence-corrected chi connectivity index (χ3v) is 6.91. The van der Waals surface area contributed by atoms with Gasteiger partial charge in [-0.25, -0.2) is 4.79 Å². The van der Waals surface area contributed by atoms with E-state index in [-0.39, 0.29) is 25.6 Å². The molecule has 10 heteroatoms. The van der Waals surface area contributed by atoms with Crippen molar-refractivity contribution in [1.82, 2.24) is 10.6 Å². The van der Waals surface area contributed by atoms with Gasteiger partial charge in [-0.05, 0) is 61.9 Å². The van der Waals surface area contributed by atoms with Gasteiger partial charge in [0.25, 0.3) is 5.91 Å². The fraction of sp³-hybridized carbons (Fsp3) is 0.429. The first-order valence-corrected chi connectivity index (χ1v) is 15.0. The highest BCUT2D eigenvalue weighted by Gasteiger charge is 2.51. The number of hydrogen-bond donors (Lipinski definition) is 3. The van der Waals surface area contributed by atoms with Crippen LogP contribution < -0.4 is 15.4 Å². The Balaban J connectivity index is 1.70.